The number of nitrogens with one attached hydrogen (secondary N) is 2. The third kappa shape index (κ3) is 8.95. The highest BCUT2D eigenvalue weighted by Gasteiger charge is 2.38. The van der Waals surface area contributed by atoms with E-state index in [1.807, 2.05) is 30.3 Å². The van der Waals surface area contributed by atoms with Crippen LogP contribution < -0.4 is 10.6 Å². The molecule has 0 unspecified atom stereocenters. The lowest BCUT2D eigenvalue weighted by Gasteiger charge is -2.10. The van der Waals surface area contributed by atoms with E-state index in [0.717, 1.165) is 17.7 Å². The Balaban J connectivity index is 0.000000540. The number of carbonyl (C=O) groups is 2. The van der Waals surface area contributed by atoms with E-state index in [1.54, 1.807) is 24.3 Å². The van der Waals surface area contributed by atoms with Crippen LogP contribution in [0.2, 0.25) is 0 Å². The van der Waals surface area contributed by atoms with Crippen LogP contribution in [0.15, 0.2) is 72.8 Å². The van der Waals surface area contributed by atoms with Crippen molar-refractivity contribution in [1.82, 2.24) is 5.32 Å². The Morgan fingerprint density at radius 2 is 1.51 bits per heavy atom. The maximum absolute atomic E-state index is 12.4. The van der Waals surface area contributed by atoms with Crippen LogP contribution in [0.4, 0.5) is 18.9 Å². The third-order valence-corrected chi connectivity index (χ3v) is 4.64. The fourth-order valence-corrected chi connectivity index (χ4v) is 2.82. The highest BCUT2D eigenvalue weighted by molar-refractivity contribution is 6.04. The highest BCUT2D eigenvalue weighted by Crippen LogP contribution is 2.22. The molecule has 35 heavy (non-hydrogen) atoms. The second-order valence-electron chi connectivity index (χ2n) is 7.76. The molecule has 3 rings (SSSR count). The smallest absolute Gasteiger partial charge is 0.475 e. The topological polar surface area (TPSA) is 102 Å². The lowest BCUT2D eigenvalue weighted by atomic mass is 10.0. The molecule has 0 atom stereocenters. The first-order valence-electron chi connectivity index (χ1n) is 10.5. The number of anilines is 1. The summed E-state index contributed by atoms with van der Waals surface area (Å²) in [5, 5.41) is 22.4. The number of halogens is 3. The van der Waals surface area contributed by atoms with Crippen LogP contribution in [0, 0.1) is 11.3 Å². The van der Waals surface area contributed by atoms with Gasteiger partial charge in [0.25, 0.3) is 5.91 Å². The fraction of sp³-hybridized carbons (Fsp3) is 0.192. The lowest BCUT2D eigenvalue weighted by molar-refractivity contribution is -0.192. The number of nitriles is 1. The summed E-state index contributed by atoms with van der Waals surface area (Å²) in [7, 11) is 0. The zero-order chi connectivity index (χ0) is 26.0. The summed E-state index contributed by atoms with van der Waals surface area (Å²) in [5.41, 5.74) is 5.12. The minimum Gasteiger partial charge on any atom is -0.475 e. The van der Waals surface area contributed by atoms with Crippen molar-refractivity contribution in [3.05, 3.63) is 89.5 Å². The highest BCUT2D eigenvalue weighted by atomic mass is 19.4. The van der Waals surface area contributed by atoms with Gasteiger partial charge >= 0.3 is 12.1 Å². The monoisotopic (exact) mass is 483 g/mol. The molecule has 0 fully saturated rings. The van der Waals surface area contributed by atoms with Gasteiger partial charge in [0.2, 0.25) is 0 Å². The van der Waals surface area contributed by atoms with Gasteiger partial charge in [-0.25, -0.2) is 4.79 Å². The summed E-state index contributed by atoms with van der Waals surface area (Å²) in [6, 6.07) is 25.4. The molecular formula is C26H24F3N3O3. The molecule has 0 aromatic heterocycles. The molecule has 3 aromatic carbocycles. The van der Waals surface area contributed by atoms with E-state index in [1.165, 1.54) is 5.56 Å². The van der Waals surface area contributed by atoms with Crippen LogP contribution in [0.25, 0.3) is 11.1 Å². The Hall–Kier alpha value is -4.16. The van der Waals surface area contributed by atoms with Gasteiger partial charge in [-0.3, -0.25) is 4.79 Å². The maximum Gasteiger partial charge on any atom is 0.490 e. The second-order valence-corrected chi connectivity index (χ2v) is 7.76. The molecule has 0 heterocycles. The summed E-state index contributed by atoms with van der Waals surface area (Å²) in [4.78, 5) is 21.3. The van der Waals surface area contributed by atoms with Gasteiger partial charge in [-0.1, -0.05) is 56.3 Å². The van der Waals surface area contributed by atoms with Crippen LogP contribution in [0.1, 0.15) is 35.3 Å². The van der Waals surface area contributed by atoms with Gasteiger partial charge in [-0.05, 0) is 47.0 Å². The average molecular weight is 483 g/mol. The minimum absolute atomic E-state index is 0.230. The van der Waals surface area contributed by atoms with Crippen LogP contribution >= 0.6 is 0 Å². The van der Waals surface area contributed by atoms with Gasteiger partial charge in [-0.2, -0.15) is 18.4 Å². The molecule has 182 valence electrons. The maximum atomic E-state index is 12.4. The number of benzene rings is 3. The standard InChI is InChI=1S/C24H23N3O.C2HF3O2/c1-17(2)26-16-18-6-8-20(9-7-18)21-10-12-23(13-11-21)27-24(28)22-5-3-4-19(14-22)15-25;3-2(4,5)1(6)7/h3-14,17,26H,16H2,1-2H3,(H,27,28);(H,6,7). The predicted molar refractivity (Wildman–Crippen MR) is 127 cm³/mol. The molecule has 3 N–H and O–H groups in total. The third-order valence-electron chi connectivity index (χ3n) is 4.64. The van der Waals surface area contributed by atoms with Gasteiger partial charge in [0, 0.05) is 23.8 Å². The molecule has 1 amide bonds. The van der Waals surface area contributed by atoms with E-state index in [2.05, 4.69) is 48.7 Å². The van der Waals surface area contributed by atoms with E-state index in [-0.39, 0.29) is 5.91 Å². The van der Waals surface area contributed by atoms with Gasteiger partial charge in [0.1, 0.15) is 0 Å². The molecule has 3 aromatic rings. The Bertz CT molecular complexity index is 1180. The molecule has 0 saturated carbocycles. The number of nitrogens with zero attached hydrogens (tertiary/aromatic N) is 1. The lowest BCUT2D eigenvalue weighted by Crippen LogP contribution is -2.21. The van der Waals surface area contributed by atoms with Crippen molar-refractivity contribution in [2.24, 2.45) is 0 Å². The van der Waals surface area contributed by atoms with Gasteiger partial charge in [0.05, 0.1) is 11.6 Å². The number of aliphatic carboxylic acids is 1. The van der Waals surface area contributed by atoms with Crippen LogP contribution in [0.3, 0.4) is 0 Å². The van der Waals surface area contributed by atoms with Crippen molar-refractivity contribution in [3.63, 3.8) is 0 Å². The van der Waals surface area contributed by atoms with E-state index < -0.39 is 12.1 Å². The quantitative estimate of drug-likeness (QED) is 0.423. The predicted octanol–water partition coefficient (Wildman–Crippen LogP) is 5.61. The molecule has 0 saturated heterocycles. The Morgan fingerprint density at radius 3 is 2.00 bits per heavy atom. The van der Waals surface area contributed by atoms with E-state index in [0.29, 0.717) is 22.9 Å². The van der Waals surface area contributed by atoms with Crippen LogP contribution in [-0.4, -0.2) is 29.2 Å². The molecule has 0 spiro atoms. The van der Waals surface area contributed by atoms with Crippen molar-refractivity contribution < 1.29 is 27.9 Å². The molecular weight excluding hydrogens is 459 g/mol. The number of rotatable bonds is 6. The van der Waals surface area contributed by atoms with Crippen LogP contribution in [-0.2, 0) is 11.3 Å². The first-order valence-corrected chi connectivity index (χ1v) is 10.5. The van der Waals surface area contributed by atoms with Gasteiger partial charge in [-0.15, -0.1) is 0 Å². The number of carbonyl (C=O) groups excluding carboxylic acids is 1. The zero-order valence-corrected chi connectivity index (χ0v) is 19.1. The molecule has 6 nitrogen and oxygen atoms in total. The van der Waals surface area contributed by atoms with E-state index in [4.69, 9.17) is 15.2 Å². The number of alkyl halides is 3. The Labute approximate surface area is 201 Å². The summed E-state index contributed by atoms with van der Waals surface area (Å²) in [6.45, 7) is 5.12. The fourth-order valence-electron chi connectivity index (χ4n) is 2.82. The number of hydrogen-bond donors (Lipinski definition) is 3. The summed E-state index contributed by atoms with van der Waals surface area (Å²) < 4.78 is 31.7. The molecule has 0 aliphatic carbocycles. The van der Waals surface area contributed by atoms with Crippen molar-refractivity contribution in [2.75, 3.05) is 5.32 Å². The number of amides is 1. The van der Waals surface area contributed by atoms with Crippen molar-refractivity contribution in [2.45, 2.75) is 32.6 Å². The number of carboxylic acid groups (broad SMARTS) is 1. The normalized spacial score (nSPS) is 10.7. The largest absolute Gasteiger partial charge is 0.490 e. The van der Waals surface area contributed by atoms with Crippen molar-refractivity contribution in [3.8, 4) is 17.2 Å². The molecule has 0 aliphatic rings. The molecule has 0 aliphatic heterocycles. The molecule has 0 bridgehead atoms. The first-order chi connectivity index (χ1) is 16.5. The number of hydrogen-bond acceptors (Lipinski definition) is 4. The van der Waals surface area contributed by atoms with Gasteiger partial charge < -0.3 is 15.7 Å². The Kier molecular flexibility index (Phi) is 9.55. The molecule has 0 radical (unpaired) electrons. The zero-order valence-electron chi connectivity index (χ0n) is 19.1. The van der Waals surface area contributed by atoms with Crippen molar-refractivity contribution in [1.29, 1.82) is 5.26 Å². The summed E-state index contributed by atoms with van der Waals surface area (Å²) in [6.07, 6.45) is -5.08. The van der Waals surface area contributed by atoms with Crippen molar-refractivity contribution >= 4 is 17.6 Å². The summed E-state index contributed by atoms with van der Waals surface area (Å²) >= 11 is 0. The number of carboxylic acids is 1. The van der Waals surface area contributed by atoms with Gasteiger partial charge in [0.15, 0.2) is 0 Å². The first kappa shape index (κ1) is 27.1. The van der Waals surface area contributed by atoms with E-state index in [9.17, 15) is 18.0 Å². The average Bonchev–Trinajstić information content (AvgIpc) is 2.83. The van der Waals surface area contributed by atoms with Crippen LogP contribution in [0.5, 0.6) is 0 Å². The summed E-state index contributed by atoms with van der Waals surface area (Å²) in [5.74, 6) is -2.99. The second kappa shape index (κ2) is 12.3. The SMILES string of the molecule is CC(C)NCc1ccc(-c2ccc(NC(=O)c3cccc(C#N)c3)cc2)cc1.O=C(O)C(F)(F)F. The minimum atomic E-state index is -5.08. The Morgan fingerprint density at radius 1 is 0.971 bits per heavy atom. The van der Waals surface area contributed by atoms with E-state index >= 15 is 0 Å². The molecule has 9 heteroatoms.